The summed E-state index contributed by atoms with van der Waals surface area (Å²) in [7, 11) is 0. The van der Waals surface area contributed by atoms with Crippen molar-refractivity contribution in [3.63, 3.8) is 0 Å². The zero-order valence-electron chi connectivity index (χ0n) is 13.8. The normalized spacial score (nSPS) is 19.9. The molecule has 1 atom stereocenters. The van der Waals surface area contributed by atoms with E-state index in [4.69, 9.17) is 4.74 Å². The molecule has 1 unspecified atom stereocenters. The maximum absolute atomic E-state index is 11.7. The molecule has 0 radical (unpaired) electrons. The highest BCUT2D eigenvalue weighted by Gasteiger charge is 2.43. The van der Waals surface area contributed by atoms with Gasteiger partial charge in [0.2, 0.25) is 6.79 Å². The van der Waals surface area contributed by atoms with E-state index in [1.807, 2.05) is 13.8 Å². The van der Waals surface area contributed by atoms with E-state index in [9.17, 15) is 19.2 Å². The third-order valence-electron chi connectivity index (χ3n) is 3.48. The van der Waals surface area contributed by atoms with Crippen LogP contribution in [0.1, 0.15) is 40.5 Å². The highest BCUT2D eigenvalue weighted by molar-refractivity contribution is 5.94. The summed E-state index contributed by atoms with van der Waals surface area (Å²) in [4.78, 5) is 45.8. The number of rotatable bonds is 6. The maximum atomic E-state index is 11.7. The first-order valence-corrected chi connectivity index (χ1v) is 7.38. The van der Waals surface area contributed by atoms with Gasteiger partial charge in [-0.15, -0.1) is 0 Å². The fourth-order valence-electron chi connectivity index (χ4n) is 2.02. The Balaban J connectivity index is 2.39. The van der Waals surface area contributed by atoms with Crippen LogP contribution in [-0.2, 0) is 33.4 Å². The number of esters is 3. The van der Waals surface area contributed by atoms with E-state index in [0.717, 1.165) is 12.2 Å². The summed E-state index contributed by atoms with van der Waals surface area (Å²) >= 11 is 0. The number of carbonyl (C=O) groups excluding carboxylic acids is 4. The predicted octanol–water partition coefficient (Wildman–Crippen LogP) is 1.54. The van der Waals surface area contributed by atoms with E-state index in [2.05, 4.69) is 9.47 Å². The zero-order chi connectivity index (χ0) is 17.6. The Morgan fingerprint density at radius 3 is 2.30 bits per heavy atom. The Morgan fingerprint density at radius 1 is 1.17 bits per heavy atom. The van der Waals surface area contributed by atoms with Crippen LogP contribution in [0.25, 0.3) is 0 Å². The molecule has 7 nitrogen and oxygen atoms in total. The zero-order valence-corrected chi connectivity index (χ0v) is 13.8. The van der Waals surface area contributed by atoms with Gasteiger partial charge in [-0.2, -0.15) is 0 Å². The van der Waals surface area contributed by atoms with Crippen molar-refractivity contribution < 1.29 is 33.4 Å². The molecule has 1 saturated carbocycles. The lowest BCUT2D eigenvalue weighted by molar-refractivity contribution is -0.166. The van der Waals surface area contributed by atoms with Gasteiger partial charge in [0, 0.05) is 24.0 Å². The molecule has 1 aliphatic rings. The van der Waals surface area contributed by atoms with Crippen molar-refractivity contribution in [2.75, 3.05) is 6.79 Å². The number of hydrogen-bond donors (Lipinski definition) is 0. The third kappa shape index (κ3) is 5.84. The van der Waals surface area contributed by atoms with Crippen molar-refractivity contribution in [3.05, 3.63) is 12.2 Å². The minimum absolute atomic E-state index is 0.125. The highest BCUT2D eigenvalue weighted by atomic mass is 16.7. The second kappa shape index (κ2) is 7.89. The van der Waals surface area contributed by atoms with Crippen molar-refractivity contribution in [1.82, 2.24) is 0 Å². The SMILES string of the molecule is CC(C)C(=O)OCOC(=O)/C=C/C(=O)OC1C(=O)CCC1(C)C. The molecule has 1 fully saturated rings. The lowest BCUT2D eigenvalue weighted by Gasteiger charge is -2.24. The first-order chi connectivity index (χ1) is 10.6. The van der Waals surface area contributed by atoms with E-state index in [1.165, 1.54) is 0 Å². The molecule has 0 aromatic heterocycles. The van der Waals surface area contributed by atoms with Crippen LogP contribution in [0, 0.1) is 11.3 Å². The molecule has 0 saturated heterocycles. The van der Waals surface area contributed by atoms with Crippen LogP contribution < -0.4 is 0 Å². The Hall–Kier alpha value is -2.18. The van der Waals surface area contributed by atoms with Crippen LogP contribution in [-0.4, -0.2) is 36.6 Å². The van der Waals surface area contributed by atoms with Gasteiger partial charge in [0.25, 0.3) is 0 Å². The number of ketones is 1. The average Bonchev–Trinajstić information content (AvgIpc) is 2.71. The lowest BCUT2D eigenvalue weighted by Crippen LogP contribution is -2.33. The smallest absolute Gasteiger partial charge is 0.333 e. The molecule has 0 aromatic rings. The molecule has 128 valence electrons. The molecular weight excluding hydrogens is 304 g/mol. The van der Waals surface area contributed by atoms with Crippen molar-refractivity contribution in [3.8, 4) is 0 Å². The van der Waals surface area contributed by atoms with Gasteiger partial charge in [-0.25, -0.2) is 9.59 Å². The van der Waals surface area contributed by atoms with Gasteiger partial charge in [0.05, 0.1) is 5.92 Å². The summed E-state index contributed by atoms with van der Waals surface area (Å²) in [6.07, 6.45) is 1.96. The average molecular weight is 326 g/mol. The Labute approximate surface area is 135 Å². The summed E-state index contributed by atoms with van der Waals surface area (Å²) in [6, 6.07) is 0. The van der Waals surface area contributed by atoms with Crippen LogP contribution >= 0.6 is 0 Å². The van der Waals surface area contributed by atoms with Crippen LogP contribution in [0.5, 0.6) is 0 Å². The molecule has 0 bridgehead atoms. The Morgan fingerprint density at radius 2 is 1.78 bits per heavy atom. The van der Waals surface area contributed by atoms with Gasteiger partial charge in [-0.05, 0) is 6.42 Å². The highest BCUT2D eigenvalue weighted by Crippen LogP contribution is 2.37. The van der Waals surface area contributed by atoms with Crippen LogP contribution in [0.2, 0.25) is 0 Å². The Kier molecular flexibility index (Phi) is 6.48. The van der Waals surface area contributed by atoms with E-state index in [1.54, 1.807) is 13.8 Å². The largest absolute Gasteiger partial charge is 0.451 e. The fraction of sp³-hybridized carbons (Fsp3) is 0.625. The molecule has 23 heavy (non-hydrogen) atoms. The molecular formula is C16H22O7. The number of Topliss-reactive ketones (excluding diaryl/α,β-unsaturated/α-hetero) is 1. The predicted molar refractivity (Wildman–Crippen MR) is 78.9 cm³/mol. The monoisotopic (exact) mass is 326 g/mol. The third-order valence-corrected chi connectivity index (χ3v) is 3.48. The van der Waals surface area contributed by atoms with Crippen LogP contribution in [0.3, 0.4) is 0 Å². The molecule has 1 rings (SSSR count). The van der Waals surface area contributed by atoms with E-state index >= 15 is 0 Å². The number of carbonyl (C=O) groups is 4. The molecule has 7 heteroatoms. The second-order valence-electron chi connectivity index (χ2n) is 6.30. The van der Waals surface area contributed by atoms with Crippen molar-refractivity contribution in [1.29, 1.82) is 0 Å². The molecule has 0 spiro atoms. The van der Waals surface area contributed by atoms with Gasteiger partial charge in [0.1, 0.15) is 0 Å². The van der Waals surface area contributed by atoms with Gasteiger partial charge < -0.3 is 14.2 Å². The fourth-order valence-corrected chi connectivity index (χ4v) is 2.02. The number of hydrogen-bond acceptors (Lipinski definition) is 7. The minimum atomic E-state index is -0.851. The van der Waals surface area contributed by atoms with E-state index < -0.39 is 36.2 Å². The quantitative estimate of drug-likeness (QED) is 0.415. The van der Waals surface area contributed by atoms with Crippen LogP contribution in [0.4, 0.5) is 0 Å². The molecule has 0 amide bonds. The second-order valence-corrected chi connectivity index (χ2v) is 6.30. The first kappa shape index (κ1) is 18.9. The van der Waals surface area contributed by atoms with Gasteiger partial charge in [-0.1, -0.05) is 27.7 Å². The molecule has 0 aromatic carbocycles. The molecule has 0 aliphatic heterocycles. The van der Waals surface area contributed by atoms with Crippen molar-refractivity contribution in [2.45, 2.75) is 46.6 Å². The molecule has 1 aliphatic carbocycles. The van der Waals surface area contributed by atoms with E-state index in [-0.39, 0.29) is 11.7 Å². The molecule has 0 N–H and O–H groups in total. The van der Waals surface area contributed by atoms with Gasteiger partial charge >= 0.3 is 17.9 Å². The lowest BCUT2D eigenvalue weighted by atomic mass is 9.89. The van der Waals surface area contributed by atoms with Gasteiger partial charge in [-0.3, -0.25) is 9.59 Å². The minimum Gasteiger partial charge on any atom is -0.451 e. The van der Waals surface area contributed by atoms with Crippen molar-refractivity contribution in [2.24, 2.45) is 11.3 Å². The molecule has 0 heterocycles. The summed E-state index contributed by atoms with van der Waals surface area (Å²) in [5.41, 5.74) is -0.411. The van der Waals surface area contributed by atoms with Crippen molar-refractivity contribution >= 4 is 23.7 Å². The van der Waals surface area contributed by atoms with Crippen LogP contribution in [0.15, 0.2) is 12.2 Å². The number of ether oxygens (including phenoxy) is 3. The summed E-state index contributed by atoms with van der Waals surface area (Å²) in [6.45, 7) is 6.45. The summed E-state index contributed by atoms with van der Waals surface area (Å²) in [5.74, 6) is -2.60. The standard InChI is InChI=1S/C16H22O7/c1-10(2)15(20)22-9-21-12(18)5-6-13(19)23-14-11(17)7-8-16(14,3)4/h5-6,10,14H,7-9H2,1-4H3/b6-5+. The summed E-state index contributed by atoms with van der Waals surface area (Å²) in [5, 5.41) is 0. The van der Waals surface area contributed by atoms with Gasteiger partial charge in [0.15, 0.2) is 11.9 Å². The van der Waals surface area contributed by atoms with E-state index in [0.29, 0.717) is 12.8 Å². The summed E-state index contributed by atoms with van der Waals surface area (Å²) < 4.78 is 14.3. The first-order valence-electron chi connectivity index (χ1n) is 7.38. The maximum Gasteiger partial charge on any atom is 0.333 e. The topological polar surface area (TPSA) is 96.0 Å². The Bertz CT molecular complexity index is 517.